The molecule has 0 aliphatic carbocycles. The quantitative estimate of drug-likeness (QED) is 0.814. The van der Waals surface area contributed by atoms with E-state index in [-0.39, 0.29) is 17.8 Å². The van der Waals surface area contributed by atoms with Gasteiger partial charge in [-0.25, -0.2) is 17.2 Å². The predicted octanol–water partition coefficient (Wildman–Crippen LogP) is 1.50. The Balaban J connectivity index is 3.33. The van der Waals surface area contributed by atoms with Gasteiger partial charge in [0.25, 0.3) is 0 Å². The zero-order valence-corrected chi connectivity index (χ0v) is 9.57. The van der Waals surface area contributed by atoms with E-state index >= 15 is 0 Å². The van der Waals surface area contributed by atoms with Gasteiger partial charge in [0.15, 0.2) is 9.84 Å². The number of Topliss-reactive ketones (excluding diaryl/α,β-unsaturated/α-hetero) is 1. The maximum atomic E-state index is 13.3. The molecule has 1 aromatic rings. The molecule has 0 saturated carbocycles. The topological polar surface area (TPSA) is 51.2 Å². The molecule has 3 nitrogen and oxygen atoms in total. The number of carbonyl (C=O) groups excluding carboxylic acids is 1. The molecular weight excluding hydrogens is 238 g/mol. The molecule has 0 heterocycles. The van der Waals surface area contributed by atoms with Crippen LogP contribution in [-0.4, -0.2) is 20.5 Å². The monoisotopic (exact) mass is 248 g/mol. The van der Waals surface area contributed by atoms with Gasteiger partial charge in [-0.2, -0.15) is 0 Å². The lowest BCUT2D eigenvalue weighted by molar-refractivity contribution is -0.116. The standard InChI is InChI=1S/C10H10F2O3S/c1-6(13)3-7-4-9(12)10(5-8(7)11)16(2,14)15/h4-5H,3H2,1-2H3. The number of rotatable bonds is 3. The van der Waals surface area contributed by atoms with Crippen LogP contribution in [0.25, 0.3) is 0 Å². The first kappa shape index (κ1) is 12.8. The van der Waals surface area contributed by atoms with Crippen molar-refractivity contribution in [3.63, 3.8) is 0 Å². The summed E-state index contributed by atoms with van der Waals surface area (Å²) in [4.78, 5) is 10.1. The van der Waals surface area contributed by atoms with Crippen molar-refractivity contribution in [2.45, 2.75) is 18.2 Å². The van der Waals surface area contributed by atoms with Crippen LogP contribution in [0.4, 0.5) is 8.78 Å². The molecule has 1 aromatic carbocycles. The van der Waals surface area contributed by atoms with Gasteiger partial charge < -0.3 is 0 Å². The molecule has 6 heteroatoms. The Labute approximate surface area is 92.0 Å². The second-order valence-corrected chi connectivity index (χ2v) is 5.51. The molecule has 0 saturated heterocycles. The Bertz CT molecular complexity index is 535. The Hall–Kier alpha value is -1.30. The van der Waals surface area contributed by atoms with Gasteiger partial charge >= 0.3 is 0 Å². The van der Waals surface area contributed by atoms with E-state index in [1.54, 1.807) is 0 Å². The molecule has 0 bridgehead atoms. The molecule has 0 aromatic heterocycles. The second-order valence-electron chi connectivity index (χ2n) is 3.52. The lowest BCUT2D eigenvalue weighted by atomic mass is 10.1. The van der Waals surface area contributed by atoms with E-state index < -0.39 is 26.4 Å². The molecule has 0 atom stereocenters. The highest BCUT2D eigenvalue weighted by Crippen LogP contribution is 2.19. The number of carbonyl (C=O) groups is 1. The van der Waals surface area contributed by atoms with Gasteiger partial charge in [0, 0.05) is 12.7 Å². The first-order valence-corrected chi connectivity index (χ1v) is 6.28. The van der Waals surface area contributed by atoms with E-state index in [9.17, 15) is 22.0 Å². The molecule has 88 valence electrons. The third-order valence-corrected chi connectivity index (χ3v) is 3.05. The van der Waals surface area contributed by atoms with Gasteiger partial charge in [0.2, 0.25) is 0 Å². The maximum absolute atomic E-state index is 13.3. The zero-order valence-electron chi connectivity index (χ0n) is 8.75. The molecule has 0 radical (unpaired) electrons. The summed E-state index contributed by atoms with van der Waals surface area (Å²) in [6, 6.07) is 1.34. The van der Waals surface area contributed by atoms with Crippen LogP contribution in [0.2, 0.25) is 0 Å². The van der Waals surface area contributed by atoms with Gasteiger partial charge in [0.05, 0.1) is 0 Å². The number of halogens is 2. The van der Waals surface area contributed by atoms with Gasteiger partial charge in [-0.3, -0.25) is 4.79 Å². The third-order valence-electron chi connectivity index (χ3n) is 1.94. The van der Waals surface area contributed by atoms with Crippen molar-refractivity contribution in [2.24, 2.45) is 0 Å². The molecule has 0 aliphatic rings. The van der Waals surface area contributed by atoms with Crippen molar-refractivity contribution >= 4 is 15.6 Å². The summed E-state index contributed by atoms with van der Waals surface area (Å²) in [6.07, 6.45) is 0.530. The van der Waals surface area contributed by atoms with Crippen molar-refractivity contribution in [2.75, 3.05) is 6.26 Å². The molecule has 0 aliphatic heterocycles. The normalized spacial score (nSPS) is 11.5. The van der Waals surface area contributed by atoms with Crippen molar-refractivity contribution in [1.82, 2.24) is 0 Å². The summed E-state index contributed by atoms with van der Waals surface area (Å²) in [5.74, 6) is -2.26. The Morgan fingerprint density at radius 2 is 1.81 bits per heavy atom. The fraction of sp³-hybridized carbons (Fsp3) is 0.300. The molecule has 0 unspecified atom stereocenters. The highest BCUT2D eigenvalue weighted by atomic mass is 32.2. The zero-order chi connectivity index (χ0) is 12.5. The fourth-order valence-electron chi connectivity index (χ4n) is 1.26. The fourth-order valence-corrected chi connectivity index (χ4v) is 1.99. The van der Waals surface area contributed by atoms with Gasteiger partial charge in [-0.15, -0.1) is 0 Å². The van der Waals surface area contributed by atoms with Gasteiger partial charge in [-0.05, 0) is 24.6 Å². The summed E-state index contributed by atoms with van der Waals surface area (Å²) < 4.78 is 48.8. The molecule has 0 fully saturated rings. The first-order chi connectivity index (χ1) is 7.21. The number of benzene rings is 1. The molecule has 1 rings (SSSR count). The number of hydrogen-bond acceptors (Lipinski definition) is 3. The Kier molecular flexibility index (Phi) is 3.42. The van der Waals surface area contributed by atoms with Crippen LogP contribution in [0.3, 0.4) is 0 Å². The first-order valence-electron chi connectivity index (χ1n) is 4.39. The van der Waals surface area contributed by atoms with Crippen LogP contribution in [0.5, 0.6) is 0 Å². The van der Waals surface area contributed by atoms with Crippen molar-refractivity contribution < 1.29 is 22.0 Å². The third kappa shape index (κ3) is 2.85. The van der Waals surface area contributed by atoms with E-state index in [0.29, 0.717) is 6.07 Å². The highest BCUT2D eigenvalue weighted by Gasteiger charge is 2.18. The van der Waals surface area contributed by atoms with Crippen molar-refractivity contribution in [3.8, 4) is 0 Å². The minimum Gasteiger partial charge on any atom is -0.300 e. The summed E-state index contributed by atoms with van der Waals surface area (Å²) in [6.45, 7) is 1.24. The molecule has 0 N–H and O–H groups in total. The molecule has 0 spiro atoms. The average molecular weight is 248 g/mol. The minimum atomic E-state index is -3.80. The van der Waals surface area contributed by atoms with Crippen LogP contribution in [-0.2, 0) is 21.1 Å². The predicted molar refractivity (Wildman–Crippen MR) is 53.9 cm³/mol. The second kappa shape index (κ2) is 4.29. The van der Waals surface area contributed by atoms with Crippen molar-refractivity contribution in [1.29, 1.82) is 0 Å². The smallest absolute Gasteiger partial charge is 0.178 e. The van der Waals surface area contributed by atoms with E-state index in [2.05, 4.69) is 0 Å². The average Bonchev–Trinajstić information content (AvgIpc) is 2.07. The number of hydrogen-bond donors (Lipinski definition) is 0. The maximum Gasteiger partial charge on any atom is 0.178 e. The van der Waals surface area contributed by atoms with E-state index in [1.807, 2.05) is 0 Å². The SMILES string of the molecule is CC(=O)Cc1cc(F)c(S(C)(=O)=O)cc1F. The number of ketones is 1. The summed E-state index contributed by atoms with van der Waals surface area (Å²) >= 11 is 0. The van der Waals surface area contributed by atoms with Gasteiger partial charge in [0.1, 0.15) is 22.3 Å². The van der Waals surface area contributed by atoms with E-state index in [0.717, 1.165) is 12.3 Å². The van der Waals surface area contributed by atoms with E-state index in [1.165, 1.54) is 6.92 Å². The van der Waals surface area contributed by atoms with Crippen LogP contribution in [0.1, 0.15) is 12.5 Å². The lowest BCUT2D eigenvalue weighted by Gasteiger charge is -2.05. The summed E-state index contributed by atoms with van der Waals surface area (Å²) in [5, 5.41) is 0. The molecule has 0 amide bonds. The Morgan fingerprint density at radius 1 is 1.25 bits per heavy atom. The minimum absolute atomic E-state index is 0.141. The van der Waals surface area contributed by atoms with E-state index in [4.69, 9.17) is 0 Å². The largest absolute Gasteiger partial charge is 0.300 e. The molecular formula is C10H10F2O3S. The molecule has 16 heavy (non-hydrogen) atoms. The van der Waals surface area contributed by atoms with Crippen molar-refractivity contribution in [3.05, 3.63) is 29.3 Å². The Morgan fingerprint density at radius 3 is 2.25 bits per heavy atom. The lowest BCUT2D eigenvalue weighted by Crippen LogP contribution is -2.06. The number of sulfone groups is 1. The van der Waals surface area contributed by atoms with Crippen LogP contribution >= 0.6 is 0 Å². The summed E-state index contributed by atoms with van der Waals surface area (Å²) in [5.41, 5.74) is -0.141. The van der Waals surface area contributed by atoms with Gasteiger partial charge in [-0.1, -0.05) is 0 Å². The highest BCUT2D eigenvalue weighted by molar-refractivity contribution is 7.90. The van der Waals surface area contributed by atoms with Crippen LogP contribution < -0.4 is 0 Å². The summed E-state index contributed by atoms with van der Waals surface area (Å²) in [7, 11) is -3.80. The van der Waals surface area contributed by atoms with Crippen LogP contribution in [0.15, 0.2) is 17.0 Å². The van der Waals surface area contributed by atoms with Crippen LogP contribution in [0, 0.1) is 11.6 Å².